The molecule has 1 aromatic heterocycles. The highest BCUT2D eigenvalue weighted by Gasteiger charge is 2.34. The zero-order valence-corrected chi connectivity index (χ0v) is 17.1. The number of sulfone groups is 1. The van der Waals surface area contributed by atoms with Crippen LogP contribution >= 0.6 is 0 Å². The maximum atomic E-state index is 13.2. The zero-order valence-electron chi connectivity index (χ0n) is 16.3. The standard InChI is InChI=1S/C24H19NO4S/c1-25-19-14-8-13-18-20(15-30(27,28)17-11-6-3-7-12-17)29-23(22(18)19)21(24(25)26)16-9-4-2-5-10-16/h2-14,20H,15H2,1H3/t20-/m0/s1. The van der Waals surface area contributed by atoms with Crippen LogP contribution in [0.1, 0.15) is 11.7 Å². The predicted octanol–water partition coefficient (Wildman–Crippen LogP) is 4.11. The lowest BCUT2D eigenvalue weighted by Crippen LogP contribution is -2.20. The highest BCUT2D eigenvalue weighted by molar-refractivity contribution is 7.91. The van der Waals surface area contributed by atoms with Crippen molar-refractivity contribution in [3.05, 3.63) is 94.8 Å². The van der Waals surface area contributed by atoms with Crippen LogP contribution in [0.15, 0.2) is 88.6 Å². The summed E-state index contributed by atoms with van der Waals surface area (Å²) in [5.41, 5.74) is 2.54. The summed E-state index contributed by atoms with van der Waals surface area (Å²) < 4.78 is 33.8. The first kappa shape index (κ1) is 18.6. The predicted molar refractivity (Wildman–Crippen MR) is 116 cm³/mol. The number of aromatic nitrogens is 1. The van der Waals surface area contributed by atoms with Gasteiger partial charge in [0, 0.05) is 18.0 Å². The molecule has 1 aliphatic rings. The molecular weight excluding hydrogens is 398 g/mol. The van der Waals surface area contributed by atoms with Gasteiger partial charge in [0.25, 0.3) is 5.56 Å². The number of hydrogen-bond acceptors (Lipinski definition) is 4. The third-order valence-corrected chi connectivity index (χ3v) is 7.28. The summed E-state index contributed by atoms with van der Waals surface area (Å²) >= 11 is 0. The van der Waals surface area contributed by atoms with Crippen LogP contribution in [0.5, 0.6) is 5.75 Å². The molecule has 4 aromatic rings. The van der Waals surface area contributed by atoms with E-state index in [9.17, 15) is 13.2 Å². The Morgan fingerprint density at radius 3 is 2.27 bits per heavy atom. The summed E-state index contributed by atoms with van der Waals surface area (Å²) in [6, 6.07) is 23.3. The first-order valence-electron chi connectivity index (χ1n) is 9.63. The van der Waals surface area contributed by atoms with Crippen molar-refractivity contribution >= 4 is 20.7 Å². The quantitative estimate of drug-likeness (QED) is 0.501. The fourth-order valence-electron chi connectivity index (χ4n) is 4.08. The van der Waals surface area contributed by atoms with Gasteiger partial charge in [-0.3, -0.25) is 4.79 Å². The largest absolute Gasteiger partial charge is 0.483 e. The average Bonchev–Trinajstić information content (AvgIpc) is 3.12. The van der Waals surface area contributed by atoms with Gasteiger partial charge in [-0.05, 0) is 23.8 Å². The Hall–Kier alpha value is -3.38. The van der Waals surface area contributed by atoms with E-state index in [4.69, 9.17) is 4.74 Å². The molecule has 0 unspecified atom stereocenters. The Bertz CT molecular complexity index is 1430. The van der Waals surface area contributed by atoms with Gasteiger partial charge in [-0.1, -0.05) is 60.7 Å². The summed E-state index contributed by atoms with van der Waals surface area (Å²) in [6.07, 6.45) is -0.682. The fraction of sp³-hybridized carbons (Fsp3) is 0.125. The van der Waals surface area contributed by atoms with Crippen molar-refractivity contribution in [1.82, 2.24) is 4.57 Å². The minimum atomic E-state index is -3.57. The van der Waals surface area contributed by atoms with Crippen molar-refractivity contribution in [2.45, 2.75) is 11.0 Å². The molecule has 0 fully saturated rings. The van der Waals surface area contributed by atoms with Crippen LogP contribution < -0.4 is 10.3 Å². The SMILES string of the molecule is Cn1c(=O)c(-c2ccccc2)c2c3c(cccc31)[C@H](CS(=O)(=O)c1ccccc1)O2. The van der Waals surface area contributed by atoms with E-state index < -0.39 is 15.9 Å². The summed E-state index contributed by atoms with van der Waals surface area (Å²) in [5, 5.41) is 0.798. The smallest absolute Gasteiger partial charge is 0.262 e. The number of nitrogens with zero attached hydrogens (tertiary/aromatic N) is 1. The molecule has 0 saturated heterocycles. The maximum Gasteiger partial charge on any atom is 0.262 e. The Kier molecular flexibility index (Phi) is 4.25. The van der Waals surface area contributed by atoms with Gasteiger partial charge < -0.3 is 9.30 Å². The Morgan fingerprint density at radius 1 is 0.900 bits per heavy atom. The first-order chi connectivity index (χ1) is 14.5. The van der Waals surface area contributed by atoms with E-state index in [1.54, 1.807) is 41.9 Å². The minimum absolute atomic E-state index is 0.174. The van der Waals surface area contributed by atoms with Gasteiger partial charge in [-0.25, -0.2) is 8.42 Å². The molecule has 0 radical (unpaired) electrons. The van der Waals surface area contributed by atoms with E-state index in [2.05, 4.69) is 0 Å². The highest BCUT2D eigenvalue weighted by atomic mass is 32.2. The van der Waals surface area contributed by atoms with Gasteiger partial charge >= 0.3 is 0 Å². The van der Waals surface area contributed by atoms with Crippen molar-refractivity contribution in [2.75, 3.05) is 5.75 Å². The van der Waals surface area contributed by atoms with Crippen molar-refractivity contribution < 1.29 is 13.2 Å². The van der Waals surface area contributed by atoms with E-state index in [1.807, 2.05) is 48.5 Å². The van der Waals surface area contributed by atoms with Gasteiger partial charge in [0.15, 0.2) is 9.84 Å². The number of benzene rings is 3. The Morgan fingerprint density at radius 2 is 1.57 bits per heavy atom. The molecule has 0 spiro atoms. The van der Waals surface area contributed by atoms with Crippen LogP contribution in [-0.4, -0.2) is 18.7 Å². The van der Waals surface area contributed by atoms with Crippen LogP contribution in [0.3, 0.4) is 0 Å². The zero-order chi connectivity index (χ0) is 20.9. The van der Waals surface area contributed by atoms with Gasteiger partial charge in [0.1, 0.15) is 11.9 Å². The monoisotopic (exact) mass is 417 g/mol. The van der Waals surface area contributed by atoms with Crippen LogP contribution in [0.2, 0.25) is 0 Å². The van der Waals surface area contributed by atoms with Crippen LogP contribution in [0, 0.1) is 0 Å². The lowest BCUT2D eigenvalue weighted by Gasteiger charge is -2.14. The van der Waals surface area contributed by atoms with Gasteiger partial charge in [0.05, 0.1) is 21.7 Å². The maximum absolute atomic E-state index is 13.2. The van der Waals surface area contributed by atoms with E-state index in [0.29, 0.717) is 11.3 Å². The normalized spacial score (nSPS) is 15.3. The fourth-order valence-corrected chi connectivity index (χ4v) is 5.49. The minimum Gasteiger partial charge on any atom is -0.483 e. The van der Waals surface area contributed by atoms with Crippen LogP contribution in [0.4, 0.5) is 0 Å². The summed E-state index contributed by atoms with van der Waals surface area (Å²) in [4.78, 5) is 13.4. The summed E-state index contributed by atoms with van der Waals surface area (Å²) in [6.45, 7) is 0. The molecule has 0 amide bonds. The third-order valence-electron chi connectivity index (χ3n) is 5.55. The average molecular weight is 417 g/mol. The van der Waals surface area contributed by atoms with Crippen molar-refractivity contribution in [1.29, 1.82) is 0 Å². The molecule has 0 bridgehead atoms. The molecular formula is C24H19NO4S. The number of rotatable bonds is 4. The van der Waals surface area contributed by atoms with E-state index in [1.165, 1.54) is 0 Å². The number of pyridine rings is 1. The van der Waals surface area contributed by atoms with E-state index in [0.717, 1.165) is 22.0 Å². The Balaban J connectivity index is 1.69. The van der Waals surface area contributed by atoms with Gasteiger partial charge in [-0.2, -0.15) is 0 Å². The molecule has 150 valence electrons. The van der Waals surface area contributed by atoms with Gasteiger partial charge in [-0.15, -0.1) is 0 Å². The summed E-state index contributed by atoms with van der Waals surface area (Å²) in [5.74, 6) is 0.264. The molecule has 1 atom stereocenters. The van der Waals surface area contributed by atoms with Crippen LogP contribution in [0.25, 0.3) is 22.0 Å². The van der Waals surface area contributed by atoms with Crippen LogP contribution in [-0.2, 0) is 16.9 Å². The molecule has 1 aliphatic heterocycles. The number of hydrogen-bond donors (Lipinski definition) is 0. The highest BCUT2D eigenvalue weighted by Crippen LogP contribution is 2.46. The second-order valence-electron chi connectivity index (χ2n) is 7.38. The Labute approximate surface area is 174 Å². The molecule has 30 heavy (non-hydrogen) atoms. The lowest BCUT2D eigenvalue weighted by molar-refractivity contribution is 0.248. The summed E-state index contributed by atoms with van der Waals surface area (Å²) in [7, 11) is -1.84. The van der Waals surface area contributed by atoms with Crippen molar-refractivity contribution in [3.8, 4) is 16.9 Å². The first-order valence-corrected chi connectivity index (χ1v) is 11.3. The molecule has 0 N–H and O–H groups in total. The van der Waals surface area contributed by atoms with Crippen molar-refractivity contribution in [2.24, 2.45) is 7.05 Å². The molecule has 0 aliphatic carbocycles. The lowest BCUT2D eigenvalue weighted by atomic mass is 10.0. The molecule has 6 heteroatoms. The van der Waals surface area contributed by atoms with Crippen molar-refractivity contribution in [3.63, 3.8) is 0 Å². The molecule has 3 aromatic carbocycles. The topological polar surface area (TPSA) is 65.4 Å². The number of aryl methyl sites for hydroxylation is 1. The number of ether oxygens (including phenoxy) is 1. The molecule has 0 saturated carbocycles. The third kappa shape index (κ3) is 2.83. The van der Waals surface area contributed by atoms with E-state index >= 15 is 0 Å². The second kappa shape index (κ2) is 6.85. The van der Waals surface area contributed by atoms with E-state index in [-0.39, 0.29) is 16.2 Å². The molecule has 5 rings (SSSR count). The second-order valence-corrected chi connectivity index (χ2v) is 9.41. The molecule has 5 nitrogen and oxygen atoms in total. The molecule has 2 heterocycles. The van der Waals surface area contributed by atoms with Gasteiger partial charge in [0.2, 0.25) is 0 Å².